The first-order valence-corrected chi connectivity index (χ1v) is 15.4. The first-order valence-electron chi connectivity index (χ1n) is 15.4. The van der Waals surface area contributed by atoms with Crippen LogP contribution in [0, 0.1) is 28.6 Å². The number of cyclic esters (lactones) is 1. The molecular formula is C31H44O9. The Labute approximate surface area is 235 Å². The van der Waals surface area contributed by atoms with E-state index < -0.39 is 22.9 Å². The van der Waals surface area contributed by atoms with Crippen LogP contribution in [0.1, 0.15) is 85.0 Å². The van der Waals surface area contributed by atoms with Gasteiger partial charge in [-0.15, -0.1) is 0 Å². The fraction of sp³-hybridized carbons (Fsp3) is 0.871. The summed E-state index contributed by atoms with van der Waals surface area (Å²) in [4.78, 5) is 24.9. The average Bonchev–Trinajstić information content (AvgIpc) is 3.58. The van der Waals surface area contributed by atoms with Gasteiger partial charge in [-0.3, -0.25) is 0 Å². The van der Waals surface area contributed by atoms with Gasteiger partial charge in [0.2, 0.25) is 0 Å². The Bertz CT molecular complexity index is 1090. The molecule has 9 heteroatoms. The van der Waals surface area contributed by atoms with E-state index >= 15 is 0 Å². The molecule has 3 aliphatic heterocycles. The van der Waals surface area contributed by atoms with Gasteiger partial charge in [0, 0.05) is 24.3 Å². The topological polar surface area (TPSA) is 121 Å². The van der Waals surface area contributed by atoms with Crippen LogP contribution in [0.15, 0.2) is 11.6 Å². The molecule has 0 radical (unpaired) electrons. The highest BCUT2D eigenvalue weighted by molar-refractivity contribution is 5.85. The molecule has 0 spiro atoms. The summed E-state index contributed by atoms with van der Waals surface area (Å²) in [6, 6.07) is 0. The van der Waals surface area contributed by atoms with Crippen molar-refractivity contribution in [2.45, 2.75) is 133 Å². The van der Waals surface area contributed by atoms with Crippen molar-refractivity contribution in [3.63, 3.8) is 0 Å². The normalized spacial score (nSPS) is 55.5. The Kier molecular flexibility index (Phi) is 6.40. The number of carbonyl (C=O) groups excluding carboxylic acids is 2. The molecule has 13 atom stereocenters. The largest absolute Gasteiger partial charge is 0.458 e. The number of carbonyl (C=O) groups is 2. The monoisotopic (exact) mass is 560 g/mol. The first kappa shape index (κ1) is 27.5. The lowest BCUT2D eigenvalue weighted by Crippen LogP contribution is -2.69. The van der Waals surface area contributed by atoms with Gasteiger partial charge in [-0.2, -0.15) is 0 Å². The minimum atomic E-state index is -1.18. The van der Waals surface area contributed by atoms with Crippen LogP contribution in [-0.2, 0) is 33.3 Å². The highest BCUT2D eigenvalue weighted by Gasteiger charge is 2.71. The van der Waals surface area contributed by atoms with E-state index in [9.17, 15) is 19.8 Å². The number of aldehydes is 1. The van der Waals surface area contributed by atoms with E-state index in [0.29, 0.717) is 51.6 Å². The summed E-state index contributed by atoms with van der Waals surface area (Å²) in [5.74, 6) is -0.361. The number of rotatable bonds is 4. The molecule has 7 aliphatic rings. The van der Waals surface area contributed by atoms with Crippen molar-refractivity contribution in [1.82, 2.24) is 0 Å². The second-order valence-electron chi connectivity index (χ2n) is 14.1. The quantitative estimate of drug-likeness (QED) is 0.303. The van der Waals surface area contributed by atoms with Gasteiger partial charge in [0.1, 0.15) is 19.0 Å². The Morgan fingerprint density at radius 3 is 2.55 bits per heavy atom. The molecular weight excluding hydrogens is 516 g/mol. The lowest BCUT2D eigenvalue weighted by Gasteiger charge is -2.65. The molecule has 4 aliphatic carbocycles. The van der Waals surface area contributed by atoms with Gasteiger partial charge in [0.15, 0.2) is 12.6 Å². The summed E-state index contributed by atoms with van der Waals surface area (Å²) in [6.45, 7) is 6.35. The Balaban J connectivity index is 1.09. The molecule has 0 aromatic rings. The molecule has 0 amide bonds. The third kappa shape index (κ3) is 3.73. The van der Waals surface area contributed by atoms with Gasteiger partial charge in [-0.05, 0) is 88.5 Å². The summed E-state index contributed by atoms with van der Waals surface area (Å²) < 4.78 is 29.6. The zero-order valence-electron chi connectivity index (χ0n) is 23.9. The van der Waals surface area contributed by atoms with E-state index in [-0.39, 0.29) is 59.8 Å². The van der Waals surface area contributed by atoms with Gasteiger partial charge in [0.05, 0.1) is 34.9 Å². The molecule has 4 saturated carbocycles. The summed E-state index contributed by atoms with van der Waals surface area (Å²) in [5, 5.41) is 24.6. The fourth-order valence-corrected chi connectivity index (χ4v) is 10.6. The highest BCUT2D eigenvalue weighted by atomic mass is 16.8. The smallest absolute Gasteiger partial charge is 0.331 e. The zero-order valence-corrected chi connectivity index (χ0v) is 23.9. The third-order valence-electron chi connectivity index (χ3n) is 12.5. The summed E-state index contributed by atoms with van der Waals surface area (Å²) in [5.41, 5.74) is -2.42. The Morgan fingerprint density at radius 1 is 1.00 bits per heavy atom. The molecule has 7 rings (SSSR count). The molecule has 222 valence electrons. The van der Waals surface area contributed by atoms with Crippen molar-refractivity contribution in [3.05, 3.63) is 11.6 Å². The molecule has 0 aromatic carbocycles. The third-order valence-corrected chi connectivity index (χ3v) is 12.5. The molecule has 2 N–H and O–H groups in total. The van der Waals surface area contributed by atoms with Crippen LogP contribution in [-0.4, -0.2) is 77.3 Å². The maximum atomic E-state index is 13.1. The SMILES string of the molecule is C[C@H]1O[C@H]2[C@H](C[C@H](O[C@H]3CC[C@]4(C=O)[C@H]5CC[C@]6(C)[C@@H](C7=CC(=O)OC7)CC[C@]6(O)[C@@H]5CC[C@]4(O)C3)O[C@@H]2C)O1. The predicted molar refractivity (Wildman–Crippen MR) is 141 cm³/mol. The molecule has 2 saturated heterocycles. The molecule has 0 unspecified atom stereocenters. The number of aliphatic hydroxyl groups is 2. The lowest BCUT2D eigenvalue weighted by molar-refractivity contribution is -0.278. The zero-order chi connectivity index (χ0) is 28.1. The maximum absolute atomic E-state index is 13.1. The van der Waals surface area contributed by atoms with Crippen molar-refractivity contribution in [2.24, 2.45) is 28.6 Å². The average molecular weight is 561 g/mol. The van der Waals surface area contributed by atoms with Gasteiger partial charge in [-0.1, -0.05) is 6.92 Å². The molecule has 40 heavy (non-hydrogen) atoms. The number of esters is 1. The lowest BCUT2D eigenvalue weighted by atomic mass is 9.41. The summed E-state index contributed by atoms with van der Waals surface area (Å²) in [6.07, 6.45) is 7.67. The van der Waals surface area contributed by atoms with Crippen molar-refractivity contribution in [1.29, 1.82) is 0 Å². The summed E-state index contributed by atoms with van der Waals surface area (Å²) in [7, 11) is 0. The molecule has 3 heterocycles. The second-order valence-corrected chi connectivity index (χ2v) is 14.1. The minimum absolute atomic E-state index is 0.0706. The van der Waals surface area contributed by atoms with E-state index in [4.69, 9.17) is 23.7 Å². The number of hydrogen-bond acceptors (Lipinski definition) is 9. The molecule has 9 nitrogen and oxygen atoms in total. The fourth-order valence-electron chi connectivity index (χ4n) is 10.6. The van der Waals surface area contributed by atoms with Gasteiger partial charge >= 0.3 is 5.97 Å². The second kappa shape index (κ2) is 9.32. The number of fused-ring (bicyclic) bond motifs is 6. The predicted octanol–water partition coefficient (Wildman–Crippen LogP) is 3.19. The molecule has 0 bridgehead atoms. The maximum Gasteiger partial charge on any atom is 0.331 e. The van der Waals surface area contributed by atoms with Crippen LogP contribution in [0.5, 0.6) is 0 Å². The number of ether oxygens (including phenoxy) is 5. The first-order chi connectivity index (χ1) is 19.0. The highest BCUT2D eigenvalue weighted by Crippen LogP contribution is 2.70. The van der Waals surface area contributed by atoms with Gasteiger partial charge < -0.3 is 38.7 Å². The van der Waals surface area contributed by atoms with Crippen molar-refractivity contribution < 1.29 is 43.5 Å². The van der Waals surface area contributed by atoms with Crippen LogP contribution < -0.4 is 0 Å². The standard InChI is InChI=1S/C31H44O9/c1-17-27-24(38-18(2)39-27)13-26(37-17)40-20-4-9-29(16-32)22-5-8-28(3)21(19-12-25(33)36-15-19)7-11-31(28,35)23(22)6-10-30(29,34)14-20/h12,16-18,20-24,26-27,34-35H,4-11,13-15H2,1-3H3/t17-,18-,20+,21-,22+,23-,24+,26+,27-,28-,29+,30+,31+/m1/s1. The molecule has 6 fully saturated rings. The summed E-state index contributed by atoms with van der Waals surface area (Å²) >= 11 is 0. The minimum Gasteiger partial charge on any atom is -0.458 e. The number of hydrogen-bond donors (Lipinski definition) is 2. The van der Waals surface area contributed by atoms with Crippen LogP contribution >= 0.6 is 0 Å². The van der Waals surface area contributed by atoms with E-state index in [0.717, 1.165) is 31.1 Å². The Hall–Kier alpha value is -1.36. The van der Waals surface area contributed by atoms with E-state index in [1.807, 2.05) is 13.8 Å². The van der Waals surface area contributed by atoms with Crippen LogP contribution in [0.3, 0.4) is 0 Å². The van der Waals surface area contributed by atoms with E-state index in [1.54, 1.807) is 6.08 Å². The van der Waals surface area contributed by atoms with Crippen LogP contribution in [0.2, 0.25) is 0 Å². The van der Waals surface area contributed by atoms with Crippen molar-refractivity contribution >= 4 is 12.3 Å². The van der Waals surface area contributed by atoms with E-state index in [2.05, 4.69) is 6.92 Å². The van der Waals surface area contributed by atoms with Gasteiger partial charge in [0.25, 0.3) is 0 Å². The van der Waals surface area contributed by atoms with Crippen LogP contribution in [0.4, 0.5) is 0 Å². The van der Waals surface area contributed by atoms with Crippen molar-refractivity contribution in [2.75, 3.05) is 6.61 Å². The van der Waals surface area contributed by atoms with E-state index in [1.165, 1.54) is 0 Å². The van der Waals surface area contributed by atoms with Crippen molar-refractivity contribution in [3.8, 4) is 0 Å². The Morgan fingerprint density at radius 2 is 1.80 bits per heavy atom. The molecule has 0 aromatic heterocycles. The van der Waals surface area contributed by atoms with Gasteiger partial charge in [-0.25, -0.2) is 4.79 Å². The van der Waals surface area contributed by atoms with Crippen LogP contribution in [0.25, 0.3) is 0 Å².